The smallest absolute Gasteiger partial charge is 0.422 e. The number of alkyl halides is 3. The van der Waals surface area contributed by atoms with E-state index in [1.807, 2.05) is 5.32 Å². The number of halogens is 3. The fraction of sp³-hybridized carbons (Fsp3) is 0.750. The third-order valence-electron chi connectivity index (χ3n) is 1.57. The van der Waals surface area contributed by atoms with Crippen molar-refractivity contribution < 1.29 is 32.6 Å². The molecule has 0 aliphatic carbocycles. The normalized spacial score (nSPS) is 13.4. The monoisotopic (exact) mass is 243 g/mol. The minimum Gasteiger partial charge on any atom is -0.480 e. The number of aliphatic carboxylic acids is 1. The quantitative estimate of drug-likeness (QED) is 0.782. The molecule has 0 saturated heterocycles. The van der Waals surface area contributed by atoms with Gasteiger partial charge < -0.3 is 15.2 Å². The number of ether oxygens (including phenoxy) is 1. The number of alkyl carbamates (subject to hydrolysis) is 1. The molecule has 5 nitrogen and oxygen atoms in total. The number of hydrogen-bond donors (Lipinski definition) is 2. The third-order valence-corrected chi connectivity index (χ3v) is 1.57. The van der Waals surface area contributed by atoms with Crippen molar-refractivity contribution in [2.45, 2.75) is 26.1 Å². The number of rotatable bonds is 4. The van der Waals surface area contributed by atoms with Crippen LogP contribution in [0.15, 0.2) is 0 Å². The van der Waals surface area contributed by atoms with Crippen LogP contribution in [0.1, 0.15) is 13.8 Å². The van der Waals surface area contributed by atoms with Crippen LogP contribution in [0.4, 0.5) is 18.0 Å². The van der Waals surface area contributed by atoms with Crippen LogP contribution in [0.25, 0.3) is 0 Å². The summed E-state index contributed by atoms with van der Waals surface area (Å²) in [5.41, 5.74) is 0. The molecule has 0 rings (SSSR count). The number of nitrogens with one attached hydrogen (secondary N) is 1. The Bertz CT molecular complexity index is 264. The Kier molecular flexibility index (Phi) is 5.06. The Morgan fingerprint density at radius 2 is 1.88 bits per heavy atom. The van der Waals surface area contributed by atoms with Gasteiger partial charge in [-0.1, -0.05) is 13.8 Å². The van der Waals surface area contributed by atoms with E-state index in [9.17, 15) is 22.8 Å². The lowest BCUT2D eigenvalue weighted by molar-refractivity contribution is -0.160. The van der Waals surface area contributed by atoms with Crippen molar-refractivity contribution in [3.05, 3.63) is 0 Å². The van der Waals surface area contributed by atoms with Gasteiger partial charge in [0.2, 0.25) is 0 Å². The summed E-state index contributed by atoms with van der Waals surface area (Å²) in [5, 5.41) is 10.5. The molecule has 0 saturated carbocycles. The highest BCUT2D eigenvalue weighted by Crippen LogP contribution is 2.14. The van der Waals surface area contributed by atoms with E-state index in [1.165, 1.54) is 13.8 Å². The second kappa shape index (κ2) is 5.57. The Morgan fingerprint density at radius 1 is 1.38 bits per heavy atom. The number of carbonyl (C=O) groups is 2. The molecule has 0 aromatic carbocycles. The largest absolute Gasteiger partial charge is 0.480 e. The number of amides is 1. The summed E-state index contributed by atoms with van der Waals surface area (Å²) in [7, 11) is 0. The number of hydrogen-bond acceptors (Lipinski definition) is 3. The molecule has 8 heteroatoms. The van der Waals surface area contributed by atoms with E-state index in [4.69, 9.17) is 5.11 Å². The Morgan fingerprint density at radius 3 is 2.19 bits per heavy atom. The lowest BCUT2D eigenvalue weighted by Gasteiger charge is -2.17. The standard InChI is InChI=1S/C8H12F3NO4/c1-4(2)5(6(13)14)12-7(15)16-3-8(9,10)11/h4-5H,3H2,1-2H3,(H,12,15)(H,13,14)/t5-/m0/s1. The van der Waals surface area contributed by atoms with Crippen molar-refractivity contribution >= 4 is 12.1 Å². The van der Waals surface area contributed by atoms with E-state index < -0.39 is 36.8 Å². The van der Waals surface area contributed by atoms with Gasteiger partial charge in [-0.15, -0.1) is 0 Å². The van der Waals surface area contributed by atoms with E-state index in [1.54, 1.807) is 0 Å². The fourth-order valence-corrected chi connectivity index (χ4v) is 0.830. The van der Waals surface area contributed by atoms with Crippen LogP contribution in [-0.2, 0) is 9.53 Å². The van der Waals surface area contributed by atoms with Gasteiger partial charge in [0.1, 0.15) is 6.04 Å². The van der Waals surface area contributed by atoms with Gasteiger partial charge in [-0.25, -0.2) is 9.59 Å². The van der Waals surface area contributed by atoms with Crippen LogP contribution in [0.5, 0.6) is 0 Å². The fourth-order valence-electron chi connectivity index (χ4n) is 0.830. The zero-order valence-electron chi connectivity index (χ0n) is 8.67. The molecule has 0 aliphatic rings. The summed E-state index contributed by atoms with van der Waals surface area (Å²) in [6.07, 6.45) is -6.04. The van der Waals surface area contributed by atoms with Gasteiger partial charge in [0.25, 0.3) is 0 Å². The maximum Gasteiger partial charge on any atom is 0.422 e. The first-order chi connectivity index (χ1) is 7.13. The van der Waals surface area contributed by atoms with Crippen LogP contribution >= 0.6 is 0 Å². The molecule has 0 heterocycles. The van der Waals surface area contributed by atoms with E-state index in [0.717, 1.165) is 0 Å². The topological polar surface area (TPSA) is 75.6 Å². The summed E-state index contributed by atoms with van der Waals surface area (Å²) in [6.45, 7) is 1.26. The van der Waals surface area contributed by atoms with Gasteiger partial charge in [-0.2, -0.15) is 13.2 Å². The number of carbonyl (C=O) groups excluding carboxylic acids is 1. The summed E-state index contributed by atoms with van der Waals surface area (Å²) in [6, 6.07) is -1.28. The van der Waals surface area contributed by atoms with Crippen molar-refractivity contribution in [1.29, 1.82) is 0 Å². The van der Waals surface area contributed by atoms with Gasteiger partial charge in [-0.05, 0) is 5.92 Å². The van der Waals surface area contributed by atoms with Crippen LogP contribution < -0.4 is 5.32 Å². The number of carboxylic acids is 1. The van der Waals surface area contributed by atoms with Crippen LogP contribution in [0, 0.1) is 5.92 Å². The van der Waals surface area contributed by atoms with Crippen LogP contribution in [-0.4, -0.2) is 36.0 Å². The molecule has 0 aliphatic heterocycles. The van der Waals surface area contributed by atoms with E-state index >= 15 is 0 Å². The van der Waals surface area contributed by atoms with E-state index in [-0.39, 0.29) is 0 Å². The van der Waals surface area contributed by atoms with Gasteiger partial charge >= 0.3 is 18.2 Å². The summed E-state index contributed by atoms with van der Waals surface area (Å²) < 4.78 is 38.7. The predicted octanol–water partition coefficient (Wildman–Crippen LogP) is 1.38. The number of carboxylic acid groups (broad SMARTS) is 1. The molecule has 0 fully saturated rings. The lowest BCUT2D eigenvalue weighted by atomic mass is 10.1. The SMILES string of the molecule is CC(C)[C@H](NC(=O)OCC(F)(F)F)C(=O)O. The van der Waals surface area contributed by atoms with Crippen molar-refractivity contribution in [3.8, 4) is 0 Å². The van der Waals surface area contributed by atoms with Crippen molar-refractivity contribution in [2.75, 3.05) is 6.61 Å². The average Bonchev–Trinajstić information content (AvgIpc) is 2.08. The van der Waals surface area contributed by atoms with Gasteiger partial charge in [0.15, 0.2) is 6.61 Å². The Labute approximate surface area is 89.6 Å². The summed E-state index contributed by atoms with van der Waals surface area (Å²) in [5.74, 6) is -1.80. The summed E-state index contributed by atoms with van der Waals surface area (Å²) >= 11 is 0. The average molecular weight is 243 g/mol. The molecule has 94 valence electrons. The molecule has 2 N–H and O–H groups in total. The molecule has 16 heavy (non-hydrogen) atoms. The Hall–Kier alpha value is -1.47. The maximum atomic E-state index is 11.6. The molecule has 0 aromatic heterocycles. The molecule has 0 bridgehead atoms. The highest BCUT2D eigenvalue weighted by molar-refractivity contribution is 5.80. The molecule has 1 atom stereocenters. The third kappa shape index (κ3) is 6.10. The zero-order chi connectivity index (χ0) is 12.9. The van der Waals surface area contributed by atoms with Crippen molar-refractivity contribution in [2.24, 2.45) is 5.92 Å². The first-order valence-electron chi connectivity index (χ1n) is 4.36. The van der Waals surface area contributed by atoms with Gasteiger partial charge in [0, 0.05) is 0 Å². The summed E-state index contributed by atoms with van der Waals surface area (Å²) in [4.78, 5) is 21.4. The second-order valence-corrected chi connectivity index (χ2v) is 3.40. The molecular weight excluding hydrogens is 231 g/mol. The van der Waals surface area contributed by atoms with Crippen molar-refractivity contribution in [3.63, 3.8) is 0 Å². The zero-order valence-corrected chi connectivity index (χ0v) is 8.67. The molecule has 0 unspecified atom stereocenters. The first kappa shape index (κ1) is 14.5. The maximum absolute atomic E-state index is 11.6. The molecule has 1 amide bonds. The minimum absolute atomic E-state index is 0.462. The van der Waals surface area contributed by atoms with Crippen LogP contribution in [0.2, 0.25) is 0 Å². The molecule has 0 radical (unpaired) electrons. The Balaban J connectivity index is 4.17. The van der Waals surface area contributed by atoms with Crippen LogP contribution in [0.3, 0.4) is 0 Å². The highest BCUT2D eigenvalue weighted by atomic mass is 19.4. The van der Waals surface area contributed by atoms with Gasteiger partial charge in [-0.3, -0.25) is 0 Å². The van der Waals surface area contributed by atoms with E-state index in [2.05, 4.69) is 4.74 Å². The lowest BCUT2D eigenvalue weighted by Crippen LogP contribution is -2.45. The molecular formula is C8H12F3NO4. The first-order valence-corrected chi connectivity index (χ1v) is 4.36. The second-order valence-electron chi connectivity index (χ2n) is 3.40. The van der Waals surface area contributed by atoms with Gasteiger partial charge in [0.05, 0.1) is 0 Å². The van der Waals surface area contributed by atoms with Crippen molar-refractivity contribution in [1.82, 2.24) is 5.32 Å². The predicted molar refractivity (Wildman–Crippen MR) is 46.8 cm³/mol. The highest BCUT2D eigenvalue weighted by Gasteiger charge is 2.31. The molecule has 0 aromatic rings. The van der Waals surface area contributed by atoms with E-state index in [0.29, 0.717) is 0 Å². The molecule has 0 spiro atoms. The minimum atomic E-state index is -4.63.